The molecule has 0 unspecified atom stereocenters. The molecule has 8 nitrogen and oxygen atoms in total. The molecule has 0 saturated carbocycles. The first-order chi connectivity index (χ1) is 14.5. The molecule has 2 aromatic carbocycles. The summed E-state index contributed by atoms with van der Waals surface area (Å²) >= 11 is 0. The zero-order valence-corrected chi connectivity index (χ0v) is 17.3. The number of nitrogens with one attached hydrogen (secondary N) is 2. The van der Waals surface area contributed by atoms with Crippen molar-refractivity contribution < 1.29 is 23.4 Å². The van der Waals surface area contributed by atoms with E-state index in [2.05, 4.69) is 10.6 Å². The zero-order chi connectivity index (χ0) is 21.7. The summed E-state index contributed by atoms with van der Waals surface area (Å²) in [7, 11) is 4.40. The Morgan fingerprint density at radius 1 is 1.00 bits per heavy atom. The zero-order valence-electron chi connectivity index (χ0n) is 17.3. The number of carbonyl (C=O) groups is 1. The van der Waals surface area contributed by atoms with Gasteiger partial charge in [0.15, 0.2) is 17.2 Å². The topological polar surface area (TPSA) is 99.0 Å². The van der Waals surface area contributed by atoms with E-state index < -0.39 is 11.5 Å². The van der Waals surface area contributed by atoms with Crippen LogP contribution in [0.5, 0.6) is 17.2 Å². The normalized spacial score (nSPS) is 10.5. The number of rotatable bonds is 8. The molecule has 1 aromatic heterocycles. The summed E-state index contributed by atoms with van der Waals surface area (Å²) in [6.07, 6.45) is 0.842. The molecule has 0 aliphatic carbocycles. The van der Waals surface area contributed by atoms with E-state index in [9.17, 15) is 9.59 Å². The van der Waals surface area contributed by atoms with Crippen molar-refractivity contribution in [1.82, 2.24) is 0 Å². The molecule has 0 atom stereocenters. The highest BCUT2D eigenvalue weighted by molar-refractivity contribution is 6.09. The minimum atomic E-state index is -0.645. The predicted octanol–water partition coefficient (Wildman–Crippen LogP) is 3.89. The van der Waals surface area contributed by atoms with Crippen molar-refractivity contribution in [2.24, 2.45) is 0 Å². The highest BCUT2D eigenvalue weighted by Gasteiger charge is 2.21. The number of anilines is 2. The molecule has 158 valence electrons. The molecule has 0 radical (unpaired) electrons. The smallest absolute Gasteiger partial charge is 0.362 e. The summed E-state index contributed by atoms with van der Waals surface area (Å²) in [5.74, 6) is 0.511. The van der Waals surface area contributed by atoms with Gasteiger partial charge in [-0.15, -0.1) is 0 Å². The highest BCUT2D eigenvalue weighted by atomic mass is 16.5. The minimum absolute atomic E-state index is 0.0425. The van der Waals surface area contributed by atoms with Gasteiger partial charge in [-0.25, -0.2) is 4.79 Å². The highest BCUT2D eigenvalue weighted by Crippen LogP contribution is 2.38. The van der Waals surface area contributed by atoms with Gasteiger partial charge in [0.25, 0.3) is 5.91 Å². The maximum Gasteiger partial charge on any atom is 0.362 e. The van der Waals surface area contributed by atoms with E-state index in [1.807, 2.05) is 19.1 Å². The Balaban J connectivity index is 2.07. The van der Waals surface area contributed by atoms with Crippen molar-refractivity contribution in [2.75, 3.05) is 38.5 Å². The van der Waals surface area contributed by atoms with Gasteiger partial charge in [-0.2, -0.15) is 0 Å². The third-order valence-electron chi connectivity index (χ3n) is 4.53. The number of carbonyl (C=O) groups excluding carboxylic acids is 1. The summed E-state index contributed by atoms with van der Waals surface area (Å²) in [6, 6.07) is 10.2. The molecule has 0 aliphatic heterocycles. The van der Waals surface area contributed by atoms with Crippen LogP contribution in [0, 0.1) is 0 Å². The molecule has 30 heavy (non-hydrogen) atoms. The Morgan fingerprint density at radius 2 is 1.67 bits per heavy atom. The van der Waals surface area contributed by atoms with Crippen LogP contribution in [0.3, 0.4) is 0 Å². The fraction of sp³-hybridized carbons (Fsp3) is 0.273. The van der Waals surface area contributed by atoms with Gasteiger partial charge >= 0.3 is 5.63 Å². The van der Waals surface area contributed by atoms with Gasteiger partial charge in [0, 0.05) is 17.5 Å². The third-order valence-corrected chi connectivity index (χ3v) is 4.53. The van der Waals surface area contributed by atoms with E-state index in [0.29, 0.717) is 40.4 Å². The second kappa shape index (κ2) is 9.21. The van der Waals surface area contributed by atoms with Crippen LogP contribution in [-0.4, -0.2) is 33.8 Å². The second-order valence-corrected chi connectivity index (χ2v) is 6.43. The van der Waals surface area contributed by atoms with Crippen molar-refractivity contribution in [3.05, 3.63) is 52.4 Å². The first-order valence-electron chi connectivity index (χ1n) is 9.45. The van der Waals surface area contributed by atoms with Gasteiger partial charge in [-0.3, -0.25) is 4.79 Å². The lowest BCUT2D eigenvalue weighted by atomic mass is 10.1. The van der Waals surface area contributed by atoms with Crippen molar-refractivity contribution in [3.63, 3.8) is 0 Å². The largest absolute Gasteiger partial charge is 0.493 e. The van der Waals surface area contributed by atoms with E-state index in [4.69, 9.17) is 18.6 Å². The van der Waals surface area contributed by atoms with Crippen LogP contribution in [-0.2, 0) is 0 Å². The molecule has 0 fully saturated rings. The van der Waals surface area contributed by atoms with E-state index in [1.54, 1.807) is 12.1 Å². The average molecular weight is 412 g/mol. The van der Waals surface area contributed by atoms with E-state index in [-0.39, 0.29) is 11.3 Å². The second-order valence-electron chi connectivity index (χ2n) is 6.43. The predicted molar refractivity (Wildman–Crippen MR) is 115 cm³/mol. The number of amides is 1. The minimum Gasteiger partial charge on any atom is -0.493 e. The number of hydrogen-bond acceptors (Lipinski definition) is 7. The van der Waals surface area contributed by atoms with E-state index in [1.165, 1.54) is 33.5 Å². The molecule has 0 aliphatic rings. The van der Waals surface area contributed by atoms with E-state index >= 15 is 0 Å². The van der Waals surface area contributed by atoms with Gasteiger partial charge in [0.05, 0.1) is 27.0 Å². The van der Waals surface area contributed by atoms with Crippen LogP contribution >= 0.6 is 0 Å². The molecule has 2 N–H and O–H groups in total. The molecule has 1 amide bonds. The van der Waals surface area contributed by atoms with Crippen LogP contribution in [0.25, 0.3) is 11.0 Å². The Hall–Kier alpha value is -3.68. The van der Waals surface area contributed by atoms with Gasteiger partial charge < -0.3 is 29.3 Å². The summed E-state index contributed by atoms with van der Waals surface area (Å²) in [5.41, 5.74) is 0.587. The molecule has 8 heteroatoms. The van der Waals surface area contributed by atoms with Crippen LogP contribution < -0.4 is 30.5 Å². The Morgan fingerprint density at radius 3 is 2.27 bits per heavy atom. The standard InChI is InChI=1S/C22H24N2O6/c1-5-10-23-18-14-8-6-7-9-15(14)30-22(26)19(18)24-21(25)13-11-16(27-2)20(29-4)17(12-13)28-3/h6-9,11-12,23H,5,10H2,1-4H3,(H,24,25). The van der Waals surface area contributed by atoms with Crippen molar-refractivity contribution in [1.29, 1.82) is 0 Å². The van der Waals surface area contributed by atoms with Crippen LogP contribution in [0.1, 0.15) is 23.7 Å². The maximum absolute atomic E-state index is 13.0. The van der Waals surface area contributed by atoms with Crippen molar-refractivity contribution in [2.45, 2.75) is 13.3 Å². The van der Waals surface area contributed by atoms with Crippen molar-refractivity contribution >= 4 is 28.3 Å². The van der Waals surface area contributed by atoms with Gasteiger partial charge in [0.2, 0.25) is 5.75 Å². The molecule has 0 spiro atoms. The van der Waals surface area contributed by atoms with E-state index in [0.717, 1.165) is 6.42 Å². The lowest BCUT2D eigenvalue weighted by Gasteiger charge is -2.16. The molecule has 3 rings (SSSR count). The molecule has 0 bridgehead atoms. The van der Waals surface area contributed by atoms with Gasteiger partial charge in [-0.05, 0) is 30.7 Å². The number of benzene rings is 2. The van der Waals surface area contributed by atoms with Crippen LogP contribution in [0.2, 0.25) is 0 Å². The fourth-order valence-corrected chi connectivity index (χ4v) is 3.09. The molecular formula is C22H24N2O6. The monoisotopic (exact) mass is 412 g/mol. The Bertz CT molecular complexity index is 1100. The van der Waals surface area contributed by atoms with Crippen LogP contribution in [0.4, 0.5) is 11.4 Å². The first-order valence-corrected chi connectivity index (χ1v) is 9.45. The fourth-order valence-electron chi connectivity index (χ4n) is 3.09. The summed E-state index contributed by atoms with van der Waals surface area (Å²) in [4.78, 5) is 25.6. The molecule has 3 aromatic rings. The lowest BCUT2D eigenvalue weighted by molar-refractivity contribution is 0.102. The number of methoxy groups -OCH3 is 3. The molecule has 0 saturated heterocycles. The van der Waals surface area contributed by atoms with Crippen molar-refractivity contribution in [3.8, 4) is 17.2 Å². The summed E-state index contributed by atoms with van der Waals surface area (Å²) in [5, 5.41) is 6.60. The molecular weight excluding hydrogens is 388 g/mol. The van der Waals surface area contributed by atoms with Gasteiger partial charge in [0.1, 0.15) is 5.58 Å². The Kier molecular flexibility index (Phi) is 6.46. The number of para-hydroxylation sites is 1. The number of hydrogen-bond donors (Lipinski definition) is 2. The summed E-state index contributed by atoms with van der Waals surface area (Å²) in [6.45, 7) is 2.63. The van der Waals surface area contributed by atoms with Crippen LogP contribution in [0.15, 0.2) is 45.6 Å². The lowest BCUT2D eigenvalue weighted by Crippen LogP contribution is -2.20. The SMILES string of the molecule is CCCNc1c(NC(=O)c2cc(OC)c(OC)c(OC)c2)c(=O)oc2ccccc12. The maximum atomic E-state index is 13.0. The number of ether oxygens (including phenoxy) is 3. The third kappa shape index (κ3) is 4.03. The average Bonchev–Trinajstić information content (AvgIpc) is 2.77. The number of fused-ring (bicyclic) bond motifs is 1. The van der Waals surface area contributed by atoms with Gasteiger partial charge in [-0.1, -0.05) is 19.1 Å². The first kappa shape index (κ1) is 21.0. The quantitative estimate of drug-likeness (QED) is 0.542. The Labute approximate surface area is 173 Å². The summed E-state index contributed by atoms with van der Waals surface area (Å²) < 4.78 is 21.3. The molecule has 1 heterocycles.